The smallest absolute Gasteiger partial charge is 0.338 e. The third kappa shape index (κ3) is 6.64. The Kier molecular flexibility index (Phi) is 8.41. The third-order valence-corrected chi connectivity index (χ3v) is 7.42. The molecule has 0 saturated carbocycles. The van der Waals surface area contributed by atoms with Crippen molar-refractivity contribution < 1.29 is 22.7 Å². The van der Waals surface area contributed by atoms with Crippen molar-refractivity contribution in [1.82, 2.24) is 4.31 Å². The highest BCUT2D eigenvalue weighted by Crippen LogP contribution is 2.22. The van der Waals surface area contributed by atoms with Crippen LogP contribution in [-0.4, -0.2) is 50.0 Å². The summed E-state index contributed by atoms with van der Waals surface area (Å²) in [6, 6.07) is 16.4. The number of anilines is 1. The molecule has 0 aromatic heterocycles. The predicted molar refractivity (Wildman–Crippen MR) is 124 cm³/mol. The fourth-order valence-corrected chi connectivity index (χ4v) is 5.41. The lowest BCUT2D eigenvalue weighted by atomic mass is 9.98. The molecule has 7 nitrogen and oxygen atoms in total. The molecule has 1 fully saturated rings. The normalized spacial score (nSPS) is 17.0. The molecule has 1 N–H and O–H groups in total. The van der Waals surface area contributed by atoms with Gasteiger partial charge < -0.3 is 10.1 Å². The average molecular weight is 459 g/mol. The fraction of sp³-hybridized carbons (Fsp3) is 0.417. The quantitative estimate of drug-likeness (QED) is 0.581. The number of sulfonamides is 1. The van der Waals surface area contributed by atoms with E-state index >= 15 is 0 Å². The summed E-state index contributed by atoms with van der Waals surface area (Å²) >= 11 is 0. The van der Waals surface area contributed by atoms with Gasteiger partial charge in [-0.2, -0.15) is 0 Å². The van der Waals surface area contributed by atoms with E-state index in [1.54, 1.807) is 31.2 Å². The molecule has 2 aromatic rings. The molecule has 8 heteroatoms. The largest absolute Gasteiger partial charge is 0.462 e. The number of carbonyl (C=O) groups excluding carboxylic acids is 2. The molecule has 0 spiro atoms. The molecule has 0 aliphatic carbocycles. The summed E-state index contributed by atoms with van der Waals surface area (Å²) < 4.78 is 32.1. The van der Waals surface area contributed by atoms with Crippen LogP contribution in [0.5, 0.6) is 0 Å². The Labute approximate surface area is 189 Å². The van der Waals surface area contributed by atoms with E-state index in [2.05, 4.69) is 5.32 Å². The first-order chi connectivity index (χ1) is 15.4. The molecule has 2 aromatic carbocycles. The molecule has 1 heterocycles. The molecule has 3 rings (SSSR count). The summed E-state index contributed by atoms with van der Waals surface area (Å²) in [5.41, 5.74) is 1.96. The second kappa shape index (κ2) is 11.2. The van der Waals surface area contributed by atoms with Crippen molar-refractivity contribution in [2.75, 3.05) is 30.8 Å². The van der Waals surface area contributed by atoms with Crippen molar-refractivity contribution in [3.05, 3.63) is 65.7 Å². The van der Waals surface area contributed by atoms with Crippen LogP contribution >= 0.6 is 0 Å². The third-order valence-electron chi connectivity index (χ3n) is 5.50. The molecule has 32 heavy (non-hydrogen) atoms. The van der Waals surface area contributed by atoms with Crippen LogP contribution in [-0.2, 0) is 26.0 Å². The highest BCUT2D eigenvalue weighted by atomic mass is 32.2. The van der Waals surface area contributed by atoms with Gasteiger partial charge in [-0.15, -0.1) is 0 Å². The van der Waals surface area contributed by atoms with Crippen LogP contribution in [0, 0.1) is 5.92 Å². The van der Waals surface area contributed by atoms with Crippen molar-refractivity contribution in [1.29, 1.82) is 0 Å². The van der Waals surface area contributed by atoms with Crippen molar-refractivity contribution in [2.24, 2.45) is 5.92 Å². The molecular formula is C24H30N2O5S. The summed E-state index contributed by atoms with van der Waals surface area (Å²) in [5, 5.41) is 2.82. The summed E-state index contributed by atoms with van der Waals surface area (Å²) in [5.74, 6) is -1.05. The van der Waals surface area contributed by atoms with Crippen LogP contribution in [0.25, 0.3) is 0 Å². The molecule has 1 unspecified atom stereocenters. The number of hydrogen-bond donors (Lipinski definition) is 1. The predicted octanol–water partition coefficient (Wildman–Crippen LogP) is 3.48. The number of nitrogens with zero attached hydrogens (tertiary/aromatic N) is 1. The first-order valence-electron chi connectivity index (χ1n) is 11.0. The van der Waals surface area contributed by atoms with Crippen LogP contribution in [0.3, 0.4) is 0 Å². The average Bonchev–Trinajstić information content (AvgIpc) is 2.80. The van der Waals surface area contributed by atoms with Gasteiger partial charge >= 0.3 is 5.97 Å². The zero-order valence-corrected chi connectivity index (χ0v) is 19.1. The molecule has 1 atom stereocenters. The molecular weight excluding hydrogens is 428 g/mol. The van der Waals surface area contributed by atoms with Crippen molar-refractivity contribution in [3.63, 3.8) is 0 Å². The van der Waals surface area contributed by atoms with Gasteiger partial charge in [-0.25, -0.2) is 17.5 Å². The van der Waals surface area contributed by atoms with Gasteiger partial charge in [0, 0.05) is 18.8 Å². The van der Waals surface area contributed by atoms with Crippen LogP contribution in [0.4, 0.5) is 5.69 Å². The van der Waals surface area contributed by atoms with E-state index in [1.165, 1.54) is 4.31 Å². The van der Waals surface area contributed by atoms with Crippen LogP contribution < -0.4 is 5.32 Å². The van der Waals surface area contributed by atoms with Gasteiger partial charge in [-0.3, -0.25) is 4.79 Å². The van der Waals surface area contributed by atoms with Gasteiger partial charge in [0.25, 0.3) is 0 Å². The van der Waals surface area contributed by atoms with E-state index < -0.39 is 21.9 Å². The molecule has 0 radical (unpaired) electrons. The lowest BCUT2D eigenvalue weighted by molar-refractivity contribution is -0.120. The van der Waals surface area contributed by atoms with E-state index in [0.29, 0.717) is 43.5 Å². The molecule has 1 saturated heterocycles. The number of carbonyl (C=O) groups is 2. The molecule has 172 valence electrons. The number of ether oxygens (including phenoxy) is 1. The first-order valence-corrected chi connectivity index (χ1v) is 12.6. The first kappa shape index (κ1) is 23.9. The van der Waals surface area contributed by atoms with Gasteiger partial charge in [-0.1, -0.05) is 36.4 Å². The number of rotatable bonds is 9. The van der Waals surface area contributed by atoms with E-state index in [9.17, 15) is 18.0 Å². The summed E-state index contributed by atoms with van der Waals surface area (Å²) in [6.07, 6.45) is 2.51. The van der Waals surface area contributed by atoms with Gasteiger partial charge in [0.15, 0.2) is 0 Å². The van der Waals surface area contributed by atoms with Gasteiger partial charge in [-0.05, 0) is 56.4 Å². The van der Waals surface area contributed by atoms with Crippen LogP contribution in [0.1, 0.15) is 42.1 Å². The van der Waals surface area contributed by atoms with Crippen molar-refractivity contribution in [3.8, 4) is 0 Å². The minimum absolute atomic E-state index is 0.0673. The Morgan fingerprint density at radius 2 is 1.91 bits per heavy atom. The van der Waals surface area contributed by atoms with Gasteiger partial charge in [0.2, 0.25) is 15.9 Å². The summed E-state index contributed by atoms with van der Waals surface area (Å²) in [4.78, 5) is 24.7. The number of benzene rings is 2. The molecule has 1 aliphatic heterocycles. The maximum Gasteiger partial charge on any atom is 0.338 e. The lowest BCUT2D eigenvalue weighted by Crippen LogP contribution is -2.44. The highest BCUT2D eigenvalue weighted by Gasteiger charge is 2.32. The Morgan fingerprint density at radius 1 is 1.12 bits per heavy atom. The maximum absolute atomic E-state index is 12.8. The summed E-state index contributed by atoms with van der Waals surface area (Å²) in [6.45, 7) is 2.62. The Balaban J connectivity index is 1.56. The topological polar surface area (TPSA) is 92.8 Å². The van der Waals surface area contributed by atoms with Crippen LogP contribution in [0.2, 0.25) is 0 Å². The second-order valence-corrected chi connectivity index (χ2v) is 9.98. The SMILES string of the molecule is CCOC(=O)c1cccc(NC(=O)C2CCCN(S(=O)(=O)CCCc3ccccc3)C2)c1. The number of esters is 1. The lowest BCUT2D eigenvalue weighted by Gasteiger charge is -2.31. The van der Waals surface area contributed by atoms with E-state index in [-0.39, 0.29) is 24.8 Å². The monoisotopic (exact) mass is 458 g/mol. The number of amides is 1. The Hall–Kier alpha value is -2.71. The van der Waals surface area contributed by atoms with Gasteiger partial charge in [0.1, 0.15) is 0 Å². The van der Waals surface area contributed by atoms with E-state index in [4.69, 9.17) is 4.74 Å². The zero-order valence-electron chi connectivity index (χ0n) is 18.3. The maximum atomic E-state index is 12.8. The Morgan fingerprint density at radius 3 is 2.66 bits per heavy atom. The van der Waals surface area contributed by atoms with Crippen molar-refractivity contribution in [2.45, 2.75) is 32.6 Å². The molecule has 0 bridgehead atoms. The minimum atomic E-state index is -3.42. The zero-order chi connectivity index (χ0) is 23.0. The molecule has 1 aliphatic rings. The number of piperidine rings is 1. The highest BCUT2D eigenvalue weighted by molar-refractivity contribution is 7.89. The minimum Gasteiger partial charge on any atom is -0.462 e. The van der Waals surface area contributed by atoms with Gasteiger partial charge in [0.05, 0.1) is 23.8 Å². The van der Waals surface area contributed by atoms with E-state index in [0.717, 1.165) is 5.56 Å². The second-order valence-electron chi connectivity index (χ2n) is 7.89. The van der Waals surface area contributed by atoms with Crippen LogP contribution in [0.15, 0.2) is 54.6 Å². The fourth-order valence-electron chi connectivity index (χ4n) is 3.82. The number of aryl methyl sites for hydroxylation is 1. The summed E-state index contributed by atoms with van der Waals surface area (Å²) in [7, 11) is -3.42. The number of hydrogen-bond acceptors (Lipinski definition) is 5. The molecule has 1 amide bonds. The van der Waals surface area contributed by atoms with Crippen molar-refractivity contribution >= 4 is 27.6 Å². The Bertz CT molecular complexity index is 1020. The number of nitrogens with one attached hydrogen (secondary N) is 1. The standard InChI is InChI=1S/C24H30N2O5S/c1-2-31-24(28)20-12-6-14-22(17-20)25-23(27)21-13-7-15-26(18-21)32(29,30)16-8-11-19-9-4-3-5-10-19/h3-6,9-10,12,14,17,21H,2,7-8,11,13,15-16,18H2,1H3,(H,25,27). The van der Waals surface area contributed by atoms with E-state index in [1.807, 2.05) is 30.3 Å².